The van der Waals surface area contributed by atoms with Crippen LogP contribution in [-0.2, 0) is 4.79 Å². The van der Waals surface area contributed by atoms with E-state index in [0.29, 0.717) is 21.3 Å². The number of carbonyl (C=O) groups excluding carboxylic acids is 2. The Morgan fingerprint density at radius 2 is 1.71 bits per heavy atom. The lowest BCUT2D eigenvalue weighted by molar-refractivity contribution is -0.115. The molecule has 21 heavy (non-hydrogen) atoms. The van der Waals surface area contributed by atoms with Gasteiger partial charge in [0.05, 0.1) is 17.3 Å². The number of carbonyl (C=O) groups is 2. The molecule has 6 heteroatoms. The van der Waals surface area contributed by atoms with E-state index < -0.39 is 0 Å². The Kier molecular flexibility index (Phi) is 5.20. The number of hydrogen-bond acceptors (Lipinski definition) is 2. The maximum Gasteiger partial charge on any atom is 0.251 e. The fraction of sp³-hybridized carbons (Fsp3) is 0.0667. The molecule has 0 heterocycles. The van der Waals surface area contributed by atoms with Crippen molar-refractivity contribution in [3.05, 3.63) is 64.1 Å². The van der Waals surface area contributed by atoms with Crippen LogP contribution in [0.4, 0.5) is 5.69 Å². The first-order chi connectivity index (χ1) is 10.1. The standard InChI is InChI=1S/C15H12Cl2N2O2/c16-11-6-7-13(12(17)8-11)19-14(20)9-18-15(21)10-4-2-1-3-5-10/h1-8H,9H2,(H,18,21)(H,19,20). The molecule has 0 saturated carbocycles. The average molecular weight is 323 g/mol. The molecule has 2 rings (SSSR count). The van der Waals surface area contributed by atoms with Gasteiger partial charge in [-0.3, -0.25) is 9.59 Å². The van der Waals surface area contributed by atoms with Crippen molar-refractivity contribution in [3.8, 4) is 0 Å². The van der Waals surface area contributed by atoms with Gasteiger partial charge in [0.2, 0.25) is 5.91 Å². The molecule has 2 N–H and O–H groups in total. The summed E-state index contributed by atoms with van der Waals surface area (Å²) in [6, 6.07) is 13.4. The average Bonchev–Trinajstić information content (AvgIpc) is 2.48. The van der Waals surface area contributed by atoms with Crippen molar-refractivity contribution in [1.29, 1.82) is 0 Å². The van der Waals surface area contributed by atoms with E-state index in [1.54, 1.807) is 36.4 Å². The zero-order valence-electron chi connectivity index (χ0n) is 10.9. The van der Waals surface area contributed by atoms with Gasteiger partial charge in [0.25, 0.3) is 5.91 Å². The lowest BCUT2D eigenvalue weighted by Gasteiger charge is -2.08. The highest BCUT2D eigenvalue weighted by molar-refractivity contribution is 6.36. The van der Waals surface area contributed by atoms with E-state index in [2.05, 4.69) is 10.6 Å². The Labute approximate surface area is 132 Å². The lowest BCUT2D eigenvalue weighted by atomic mass is 10.2. The number of hydrogen-bond donors (Lipinski definition) is 2. The summed E-state index contributed by atoms with van der Waals surface area (Å²) in [6.07, 6.45) is 0. The zero-order chi connectivity index (χ0) is 15.2. The van der Waals surface area contributed by atoms with Gasteiger partial charge in [0.1, 0.15) is 0 Å². The number of rotatable bonds is 4. The molecule has 0 saturated heterocycles. The summed E-state index contributed by atoms with van der Waals surface area (Å²) < 4.78 is 0. The monoisotopic (exact) mass is 322 g/mol. The van der Waals surface area contributed by atoms with Gasteiger partial charge in [-0.05, 0) is 30.3 Å². The number of amides is 2. The van der Waals surface area contributed by atoms with Gasteiger partial charge in [-0.1, -0.05) is 41.4 Å². The molecule has 0 radical (unpaired) electrons. The fourth-order valence-corrected chi connectivity index (χ4v) is 2.09. The molecule has 0 spiro atoms. The van der Waals surface area contributed by atoms with Gasteiger partial charge in [0, 0.05) is 10.6 Å². The SMILES string of the molecule is O=C(CNC(=O)c1ccccc1)Nc1ccc(Cl)cc1Cl. The van der Waals surface area contributed by atoms with Crippen molar-refractivity contribution < 1.29 is 9.59 Å². The van der Waals surface area contributed by atoms with Crippen LogP contribution in [0, 0.1) is 0 Å². The zero-order valence-corrected chi connectivity index (χ0v) is 12.4. The first-order valence-corrected chi connectivity index (χ1v) is 6.90. The Morgan fingerprint density at radius 3 is 2.38 bits per heavy atom. The normalized spacial score (nSPS) is 10.0. The summed E-state index contributed by atoms with van der Waals surface area (Å²) in [6.45, 7) is -0.146. The second kappa shape index (κ2) is 7.11. The molecule has 0 aliphatic carbocycles. The highest BCUT2D eigenvalue weighted by atomic mass is 35.5. The molecule has 4 nitrogen and oxygen atoms in total. The summed E-state index contributed by atoms with van der Waals surface area (Å²) in [5.41, 5.74) is 0.940. The van der Waals surface area contributed by atoms with Crippen LogP contribution in [-0.4, -0.2) is 18.4 Å². The third kappa shape index (κ3) is 4.48. The lowest BCUT2D eigenvalue weighted by Crippen LogP contribution is -2.32. The van der Waals surface area contributed by atoms with E-state index in [1.807, 2.05) is 6.07 Å². The van der Waals surface area contributed by atoms with E-state index in [1.165, 1.54) is 6.07 Å². The van der Waals surface area contributed by atoms with Crippen LogP contribution in [0.15, 0.2) is 48.5 Å². The maximum absolute atomic E-state index is 11.8. The van der Waals surface area contributed by atoms with Gasteiger partial charge < -0.3 is 10.6 Å². The van der Waals surface area contributed by atoms with Gasteiger partial charge in [0.15, 0.2) is 0 Å². The van der Waals surface area contributed by atoms with Crippen LogP contribution >= 0.6 is 23.2 Å². The van der Waals surface area contributed by atoms with Crippen LogP contribution in [0.2, 0.25) is 10.0 Å². The summed E-state index contributed by atoms with van der Waals surface area (Å²) in [5.74, 6) is -0.684. The molecule has 0 fully saturated rings. The molecule has 2 aromatic rings. The van der Waals surface area contributed by atoms with E-state index in [0.717, 1.165) is 0 Å². The molecule has 2 aromatic carbocycles. The molecule has 0 aliphatic rings. The Morgan fingerprint density at radius 1 is 1.00 bits per heavy atom. The molecular formula is C15H12Cl2N2O2. The minimum absolute atomic E-state index is 0.146. The number of anilines is 1. The van der Waals surface area contributed by atoms with Gasteiger partial charge >= 0.3 is 0 Å². The minimum Gasteiger partial charge on any atom is -0.343 e. The van der Waals surface area contributed by atoms with Crippen LogP contribution in [0.1, 0.15) is 10.4 Å². The van der Waals surface area contributed by atoms with Crippen LogP contribution in [0.25, 0.3) is 0 Å². The van der Waals surface area contributed by atoms with Crippen LogP contribution < -0.4 is 10.6 Å². The molecule has 0 atom stereocenters. The number of benzene rings is 2. The third-order valence-corrected chi connectivity index (χ3v) is 3.20. The first-order valence-electron chi connectivity index (χ1n) is 6.14. The number of nitrogens with one attached hydrogen (secondary N) is 2. The largest absolute Gasteiger partial charge is 0.343 e. The number of halogens is 2. The second-order valence-corrected chi connectivity index (χ2v) is 5.06. The molecule has 0 unspecified atom stereocenters. The van der Waals surface area contributed by atoms with Crippen molar-refractivity contribution in [3.63, 3.8) is 0 Å². The van der Waals surface area contributed by atoms with Gasteiger partial charge in [-0.25, -0.2) is 0 Å². The maximum atomic E-state index is 11.8. The third-order valence-electron chi connectivity index (χ3n) is 2.65. The quantitative estimate of drug-likeness (QED) is 0.906. The smallest absolute Gasteiger partial charge is 0.251 e. The van der Waals surface area contributed by atoms with Crippen LogP contribution in [0.5, 0.6) is 0 Å². The second-order valence-electron chi connectivity index (χ2n) is 4.22. The molecule has 108 valence electrons. The Bertz CT molecular complexity index is 660. The van der Waals surface area contributed by atoms with E-state index >= 15 is 0 Å². The van der Waals surface area contributed by atoms with Crippen molar-refractivity contribution >= 4 is 40.7 Å². The topological polar surface area (TPSA) is 58.2 Å². The molecule has 0 aliphatic heterocycles. The summed E-state index contributed by atoms with van der Waals surface area (Å²) in [7, 11) is 0. The predicted molar refractivity (Wildman–Crippen MR) is 83.9 cm³/mol. The summed E-state index contributed by atoms with van der Waals surface area (Å²) in [5, 5.41) is 5.95. The van der Waals surface area contributed by atoms with E-state index in [9.17, 15) is 9.59 Å². The van der Waals surface area contributed by atoms with Crippen molar-refractivity contribution in [1.82, 2.24) is 5.32 Å². The molecule has 0 bridgehead atoms. The van der Waals surface area contributed by atoms with Crippen molar-refractivity contribution in [2.24, 2.45) is 0 Å². The van der Waals surface area contributed by atoms with Gasteiger partial charge in [-0.2, -0.15) is 0 Å². The highest BCUT2D eigenvalue weighted by Gasteiger charge is 2.09. The van der Waals surface area contributed by atoms with E-state index in [-0.39, 0.29) is 18.4 Å². The predicted octanol–water partition coefficient (Wildman–Crippen LogP) is 3.36. The van der Waals surface area contributed by atoms with Crippen molar-refractivity contribution in [2.75, 3.05) is 11.9 Å². The summed E-state index contributed by atoms with van der Waals surface area (Å²) >= 11 is 11.7. The fourth-order valence-electron chi connectivity index (χ4n) is 1.64. The summed E-state index contributed by atoms with van der Waals surface area (Å²) in [4.78, 5) is 23.5. The van der Waals surface area contributed by atoms with Gasteiger partial charge in [-0.15, -0.1) is 0 Å². The van der Waals surface area contributed by atoms with E-state index in [4.69, 9.17) is 23.2 Å². The molecular weight excluding hydrogens is 311 g/mol. The molecule has 2 amide bonds. The Balaban J connectivity index is 1.89. The Hall–Kier alpha value is -2.04. The van der Waals surface area contributed by atoms with Crippen molar-refractivity contribution in [2.45, 2.75) is 0 Å². The minimum atomic E-state index is -0.372. The highest BCUT2D eigenvalue weighted by Crippen LogP contribution is 2.25. The van der Waals surface area contributed by atoms with Crippen LogP contribution in [0.3, 0.4) is 0 Å². The molecule has 0 aromatic heterocycles. The first kappa shape index (κ1) is 15.4.